The molecule has 2 N–H and O–H groups in total. The van der Waals surface area contributed by atoms with Crippen LogP contribution >= 0.6 is 0 Å². The zero-order valence-corrected chi connectivity index (χ0v) is 11.6. The van der Waals surface area contributed by atoms with Gasteiger partial charge >= 0.3 is 0 Å². The summed E-state index contributed by atoms with van der Waals surface area (Å²) >= 11 is 0. The Kier molecular flexibility index (Phi) is 5.34. The number of allylic oxidation sites excluding steroid dienone is 1. The van der Waals surface area contributed by atoms with Crippen LogP contribution in [-0.4, -0.2) is 21.9 Å². The number of ketones is 1. The Bertz CT molecular complexity index is 704. The van der Waals surface area contributed by atoms with Gasteiger partial charge in [-0.3, -0.25) is 19.8 Å². The van der Waals surface area contributed by atoms with Gasteiger partial charge in [-0.2, -0.15) is 0 Å². The summed E-state index contributed by atoms with van der Waals surface area (Å²) in [7, 11) is 0. The van der Waals surface area contributed by atoms with E-state index in [4.69, 9.17) is 5.21 Å². The molecule has 5 heteroatoms. The molecule has 0 bridgehead atoms. The molecule has 2 aromatic rings. The smallest absolute Gasteiger partial charge is 0.267 e. The molecule has 110 valence electrons. The van der Waals surface area contributed by atoms with Gasteiger partial charge in [0.25, 0.3) is 5.91 Å². The lowest BCUT2D eigenvalue weighted by Crippen LogP contribution is -2.14. The van der Waals surface area contributed by atoms with E-state index in [9.17, 15) is 9.59 Å². The van der Waals surface area contributed by atoms with Crippen molar-refractivity contribution in [3.05, 3.63) is 77.6 Å². The fourth-order valence-corrected chi connectivity index (χ4v) is 1.70. The van der Waals surface area contributed by atoms with E-state index in [-0.39, 0.29) is 5.78 Å². The fourth-order valence-electron chi connectivity index (χ4n) is 1.70. The first-order valence-corrected chi connectivity index (χ1v) is 6.54. The summed E-state index contributed by atoms with van der Waals surface area (Å²) in [5.74, 6) is -0.706. The molecule has 1 heterocycles. The van der Waals surface area contributed by atoms with Crippen LogP contribution < -0.4 is 5.48 Å². The number of nitrogens with zero attached hydrogens (tertiary/aromatic N) is 1. The largest absolute Gasteiger partial charge is 0.289 e. The lowest BCUT2D eigenvalue weighted by molar-refractivity contribution is -0.124. The number of pyridine rings is 1. The van der Waals surface area contributed by atoms with Crippen molar-refractivity contribution in [1.82, 2.24) is 10.5 Å². The van der Waals surface area contributed by atoms with Crippen molar-refractivity contribution in [2.75, 3.05) is 0 Å². The molecule has 2 rings (SSSR count). The summed E-state index contributed by atoms with van der Waals surface area (Å²) in [5.41, 5.74) is 3.72. The minimum absolute atomic E-state index is 0.114. The molecule has 5 nitrogen and oxygen atoms in total. The molecule has 0 atom stereocenters. The predicted molar refractivity (Wildman–Crippen MR) is 83.0 cm³/mol. The van der Waals surface area contributed by atoms with Crippen LogP contribution in [0.15, 0.2) is 60.9 Å². The number of carbonyl (C=O) groups is 2. The first-order valence-electron chi connectivity index (χ1n) is 6.54. The molecule has 0 radical (unpaired) electrons. The molecule has 0 aliphatic carbocycles. The van der Waals surface area contributed by atoms with Crippen LogP contribution in [0, 0.1) is 0 Å². The predicted octanol–water partition coefficient (Wildman–Crippen LogP) is 2.50. The number of benzene rings is 1. The quantitative estimate of drug-likeness (QED) is 0.384. The first-order chi connectivity index (χ1) is 10.7. The van der Waals surface area contributed by atoms with Crippen LogP contribution in [0.2, 0.25) is 0 Å². The number of hydroxylamine groups is 1. The molecule has 1 aromatic carbocycles. The monoisotopic (exact) mass is 294 g/mol. The van der Waals surface area contributed by atoms with Crippen molar-refractivity contribution >= 4 is 23.8 Å². The number of hydrogen-bond acceptors (Lipinski definition) is 4. The summed E-state index contributed by atoms with van der Waals surface area (Å²) < 4.78 is 0. The summed E-state index contributed by atoms with van der Waals surface area (Å²) in [6, 6.07) is 10.7. The van der Waals surface area contributed by atoms with Gasteiger partial charge < -0.3 is 0 Å². The third-order valence-electron chi connectivity index (χ3n) is 2.85. The van der Waals surface area contributed by atoms with Gasteiger partial charge in [0.1, 0.15) is 0 Å². The van der Waals surface area contributed by atoms with Gasteiger partial charge in [-0.1, -0.05) is 30.3 Å². The summed E-state index contributed by atoms with van der Waals surface area (Å²) in [6.45, 7) is 0. The van der Waals surface area contributed by atoms with Gasteiger partial charge in [0.05, 0.1) is 0 Å². The van der Waals surface area contributed by atoms with Crippen LogP contribution in [0.1, 0.15) is 21.5 Å². The molecular formula is C17H14N2O3. The Morgan fingerprint density at radius 2 is 1.64 bits per heavy atom. The fraction of sp³-hybridized carbons (Fsp3) is 0. The summed E-state index contributed by atoms with van der Waals surface area (Å²) in [5, 5.41) is 8.38. The van der Waals surface area contributed by atoms with E-state index in [1.54, 1.807) is 42.6 Å². The second-order valence-electron chi connectivity index (χ2n) is 4.42. The Hall–Kier alpha value is -3.05. The number of rotatable bonds is 5. The highest BCUT2D eigenvalue weighted by Gasteiger charge is 2.00. The van der Waals surface area contributed by atoms with Crippen molar-refractivity contribution in [3.63, 3.8) is 0 Å². The standard InChI is InChI=1S/C17H14N2O3/c20-16(15-2-1-11-18-12-15)9-7-13-3-5-14(6-4-13)8-10-17(21)19-22/h1-12,22H,(H,19,21). The molecule has 0 aliphatic rings. The Balaban J connectivity index is 2.02. The van der Waals surface area contributed by atoms with E-state index in [0.717, 1.165) is 11.1 Å². The average molecular weight is 294 g/mol. The Morgan fingerprint density at radius 3 is 2.18 bits per heavy atom. The molecule has 1 amide bonds. The van der Waals surface area contributed by atoms with Gasteiger partial charge in [-0.05, 0) is 35.4 Å². The van der Waals surface area contributed by atoms with Crippen LogP contribution in [0.5, 0.6) is 0 Å². The van der Waals surface area contributed by atoms with E-state index < -0.39 is 5.91 Å². The molecule has 0 fully saturated rings. The number of nitrogens with one attached hydrogen (secondary N) is 1. The van der Waals surface area contributed by atoms with Crippen LogP contribution in [0.25, 0.3) is 12.2 Å². The van der Waals surface area contributed by atoms with Crippen molar-refractivity contribution in [3.8, 4) is 0 Å². The third kappa shape index (κ3) is 4.50. The number of hydrogen-bond donors (Lipinski definition) is 2. The minimum atomic E-state index is -0.592. The number of aromatic nitrogens is 1. The van der Waals surface area contributed by atoms with Crippen LogP contribution in [-0.2, 0) is 4.79 Å². The highest BCUT2D eigenvalue weighted by molar-refractivity contribution is 6.06. The Morgan fingerprint density at radius 1 is 1.00 bits per heavy atom. The lowest BCUT2D eigenvalue weighted by atomic mass is 10.1. The molecule has 1 aromatic heterocycles. The molecule has 0 aliphatic heterocycles. The maximum Gasteiger partial charge on any atom is 0.267 e. The molecule has 0 spiro atoms. The number of amides is 1. The molecule has 0 saturated carbocycles. The highest BCUT2D eigenvalue weighted by Crippen LogP contribution is 2.09. The first kappa shape index (κ1) is 15.3. The third-order valence-corrected chi connectivity index (χ3v) is 2.85. The van der Waals surface area contributed by atoms with Gasteiger partial charge in [-0.25, -0.2) is 5.48 Å². The second-order valence-corrected chi connectivity index (χ2v) is 4.42. The van der Waals surface area contributed by atoms with Crippen molar-refractivity contribution < 1.29 is 14.8 Å². The van der Waals surface area contributed by atoms with Crippen LogP contribution in [0.4, 0.5) is 0 Å². The SMILES string of the molecule is O=C(C=Cc1ccc(C=CC(=O)c2cccnc2)cc1)NO. The minimum Gasteiger partial charge on any atom is -0.289 e. The zero-order valence-electron chi connectivity index (χ0n) is 11.6. The van der Waals surface area contributed by atoms with E-state index in [1.165, 1.54) is 23.8 Å². The maximum absolute atomic E-state index is 11.9. The molecule has 22 heavy (non-hydrogen) atoms. The summed E-state index contributed by atoms with van der Waals surface area (Å²) in [6.07, 6.45) is 9.12. The van der Waals surface area contributed by atoms with Gasteiger partial charge in [-0.15, -0.1) is 0 Å². The maximum atomic E-state index is 11.9. The second kappa shape index (κ2) is 7.66. The Labute approximate surface area is 127 Å². The van der Waals surface area contributed by atoms with Crippen molar-refractivity contribution in [2.45, 2.75) is 0 Å². The lowest BCUT2D eigenvalue weighted by Gasteiger charge is -1.97. The van der Waals surface area contributed by atoms with Gasteiger partial charge in [0.15, 0.2) is 5.78 Å². The molecule has 0 unspecified atom stereocenters. The topological polar surface area (TPSA) is 79.3 Å². The van der Waals surface area contributed by atoms with E-state index in [1.807, 2.05) is 12.1 Å². The van der Waals surface area contributed by atoms with Gasteiger partial charge in [0, 0.05) is 24.0 Å². The average Bonchev–Trinajstić information content (AvgIpc) is 2.59. The normalized spacial score (nSPS) is 11.0. The summed E-state index contributed by atoms with van der Waals surface area (Å²) in [4.78, 5) is 26.7. The highest BCUT2D eigenvalue weighted by atomic mass is 16.5. The van der Waals surface area contributed by atoms with Crippen molar-refractivity contribution in [2.24, 2.45) is 0 Å². The van der Waals surface area contributed by atoms with E-state index in [0.29, 0.717) is 5.56 Å². The zero-order chi connectivity index (χ0) is 15.8. The molecule has 0 saturated heterocycles. The number of carbonyl (C=O) groups excluding carboxylic acids is 2. The van der Waals surface area contributed by atoms with E-state index >= 15 is 0 Å². The van der Waals surface area contributed by atoms with Crippen molar-refractivity contribution in [1.29, 1.82) is 0 Å². The van der Waals surface area contributed by atoms with E-state index in [2.05, 4.69) is 4.98 Å². The van der Waals surface area contributed by atoms with Gasteiger partial charge in [0.2, 0.25) is 0 Å². The van der Waals surface area contributed by atoms with Crippen LogP contribution in [0.3, 0.4) is 0 Å². The molecular weight excluding hydrogens is 280 g/mol.